The van der Waals surface area contributed by atoms with Crippen LogP contribution in [-0.4, -0.2) is 11.4 Å². The van der Waals surface area contributed by atoms with Gasteiger partial charge in [-0.15, -0.1) is 11.8 Å². The van der Waals surface area contributed by atoms with E-state index in [1.54, 1.807) is 11.8 Å². The van der Waals surface area contributed by atoms with Crippen LogP contribution in [0.5, 0.6) is 0 Å². The number of anilines is 1. The first-order valence-electron chi connectivity index (χ1n) is 4.59. The van der Waals surface area contributed by atoms with Crippen molar-refractivity contribution >= 4 is 17.6 Å². The predicted molar refractivity (Wildman–Crippen MR) is 62.9 cm³/mol. The summed E-state index contributed by atoms with van der Waals surface area (Å²) in [6, 6.07) is 8.08. The number of rotatable bonds is 2. The average Bonchev–Trinajstić information content (AvgIpc) is 2.60. The maximum atomic E-state index is 5.63. The zero-order valence-corrected chi connectivity index (χ0v) is 9.47. The summed E-state index contributed by atoms with van der Waals surface area (Å²) in [5.74, 6) is 0.390. The molecule has 1 aromatic heterocycles. The summed E-state index contributed by atoms with van der Waals surface area (Å²) >= 11 is 1.69. The molecule has 1 heterocycles. The van der Waals surface area contributed by atoms with E-state index in [-0.39, 0.29) is 0 Å². The van der Waals surface area contributed by atoms with E-state index in [0.29, 0.717) is 5.88 Å². The van der Waals surface area contributed by atoms with Crippen LogP contribution >= 0.6 is 11.8 Å². The van der Waals surface area contributed by atoms with E-state index < -0.39 is 0 Å². The minimum Gasteiger partial charge on any atom is -0.367 e. The van der Waals surface area contributed by atoms with Crippen LogP contribution in [0, 0.1) is 6.92 Å². The Bertz CT molecular complexity index is 479. The van der Waals surface area contributed by atoms with Crippen molar-refractivity contribution < 1.29 is 4.52 Å². The van der Waals surface area contributed by atoms with Crippen LogP contribution in [0.2, 0.25) is 0 Å². The van der Waals surface area contributed by atoms with Crippen molar-refractivity contribution in [3.05, 3.63) is 29.8 Å². The van der Waals surface area contributed by atoms with Crippen molar-refractivity contribution in [2.24, 2.45) is 0 Å². The fourth-order valence-corrected chi connectivity index (χ4v) is 2.04. The lowest BCUT2D eigenvalue weighted by atomic mass is 10.1. The molecule has 0 unspecified atom stereocenters. The quantitative estimate of drug-likeness (QED) is 0.790. The lowest BCUT2D eigenvalue weighted by molar-refractivity contribution is 0.438. The lowest BCUT2D eigenvalue weighted by Crippen LogP contribution is -1.86. The average molecular weight is 220 g/mol. The number of hydrogen-bond donors (Lipinski definition) is 1. The molecule has 0 bridgehead atoms. The van der Waals surface area contributed by atoms with Gasteiger partial charge in [0.2, 0.25) is 5.88 Å². The molecule has 0 amide bonds. The van der Waals surface area contributed by atoms with E-state index in [4.69, 9.17) is 10.3 Å². The van der Waals surface area contributed by atoms with E-state index in [1.807, 2.05) is 31.4 Å². The fourth-order valence-electron chi connectivity index (χ4n) is 1.44. The Kier molecular flexibility index (Phi) is 2.68. The molecule has 0 fully saturated rings. The molecule has 0 spiro atoms. The third kappa shape index (κ3) is 1.72. The molecule has 15 heavy (non-hydrogen) atoms. The number of aromatic nitrogens is 1. The van der Waals surface area contributed by atoms with Crippen LogP contribution in [0.15, 0.2) is 33.7 Å². The third-order valence-electron chi connectivity index (χ3n) is 2.32. The highest BCUT2D eigenvalue weighted by molar-refractivity contribution is 7.98. The standard InChI is InChI=1S/C11H12N2OS/c1-7-10(13-14-11(7)12)8-5-3-4-6-9(8)15-2/h3-6H,12H2,1-2H3. The van der Waals surface area contributed by atoms with E-state index >= 15 is 0 Å². The Labute approximate surface area is 92.6 Å². The summed E-state index contributed by atoms with van der Waals surface area (Å²) in [6.45, 7) is 1.91. The number of nitrogens with zero attached hydrogens (tertiary/aromatic N) is 1. The molecule has 2 N–H and O–H groups in total. The van der Waals surface area contributed by atoms with Crippen molar-refractivity contribution in [1.82, 2.24) is 5.16 Å². The first kappa shape index (κ1) is 10.1. The van der Waals surface area contributed by atoms with Crippen LogP contribution in [0.4, 0.5) is 5.88 Å². The van der Waals surface area contributed by atoms with Crippen molar-refractivity contribution in [2.45, 2.75) is 11.8 Å². The molecule has 2 aromatic rings. The number of hydrogen-bond acceptors (Lipinski definition) is 4. The topological polar surface area (TPSA) is 52.0 Å². The second kappa shape index (κ2) is 3.98. The Balaban J connectivity index is 2.58. The van der Waals surface area contributed by atoms with E-state index in [1.165, 1.54) is 4.90 Å². The highest BCUT2D eigenvalue weighted by Crippen LogP contribution is 2.32. The fraction of sp³-hybridized carbons (Fsp3) is 0.182. The molecule has 0 saturated carbocycles. The second-order valence-electron chi connectivity index (χ2n) is 3.22. The second-order valence-corrected chi connectivity index (χ2v) is 4.07. The molecule has 2 rings (SSSR count). The van der Waals surface area contributed by atoms with Crippen LogP contribution < -0.4 is 5.73 Å². The molecule has 0 aliphatic heterocycles. The van der Waals surface area contributed by atoms with Gasteiger partial charge in [0, 0.05) is 16.0 Å². The predicted octanol–water partition coefficient (Wildman–Crippen LogP) is 2.95. The Morgan fingerprint density at radius 3 is 2.67 bits per heavy atom. The maximum absolute atomic E-state index is 5.63. The molecule has 3 nitrogen and oxygen atoms in total. The summed E-state index contributed by atoms with van der Waals surface area (Å²) in [7, 11) is 0. The van der Waals surface area contributed by atoms with Gasteiger partial charge in [0.05, 0.1) is 0 Å². The molecule has 4 heteroatoms. The summed E-state index contributed by atoms with van der Waals surface area (Å²) in [6.07, 6.45) is 2.04. The van der Waals surface area contributed by atoms with Crippen molar-refractivity contribution in [3.8, 4) is 11.3 Å². The number of thioether (sulfide) groups is 1. The monoisotopic (exact) mass is 220 g/mol. The molecular weight excluding hydrogens is 208 g/mol. The van der Waals surface area contributed by atoms with Crippen LogP contribution in [0.1, 0.15) is 5.56 Å². The molecule has 0 atom stereocenters. The van der Waals surface area contributed by atoms with Crippen LogP contribution in [0.25, 0.3) is 11.3 Å². The van der Waals surface area contributed by atoms with E-state index in [0.717, 1.165) is 16.8 Å². The third-order valence-corrected chi connectivity index (χ3v) is 3.12. The molecule has 0 saturated heterocycles. The Hall–Kier alpha value is -1.42. The largest absolute Gasteiger partial charge is 0.367 e. The van der Waals surface area contributed by atoms with Crippen LogP contribution in [0.3, 0.4) is 0 Å². The molecular formula is C11H12N2OS. The van der Waals surface area contributed by atoms with E-state index in [9.17, 15) is 0 Å². The van der Waals surface area contributed by atoms with Crippen molar-refractivity contribution in [1.29, 1.82) is 0 Å². The zero-order valence-electron chi connectivity index (χ0n) is 8.65. The summed E-state index contributed by atoms with van der Waals surface area (Å²) < 4.78 is 4.97. The van der Waals surface area contributed by atoms with Gasteiger partial charge in [-0.2, -0.15) is 0 Å². The Morgan fingerprint density at radius 1 is 1.33 bits per heavy atom. The van der Waals surface area contributed by atoms with Gasteiger partial charge < -0.3 is 10.3 Å². The minimum atomic E-state index is 0.390. The maximum Gasteiger partial charge on any atom is 0.225 e. The number of nitrogens with two attached hydrogens (primary N) is 1. The van der Waals surface area contributed by atoms with Crippen LogP contribution in [-0.2, 0) is 0 Å². The van der Waals surface area contributed by atoms with Crippen molar-refractivity contribution in [2.75, 3.05) is 12.0 Å². The SMILES string of the molecule is CSc1ccccc1-c1noc(N)c1C. The highest BCUT2D eigenvalue weighted by Gasteiger charge is 2.13. The minimum absolute atomic E-state index is 0.390. The lowest BCUT2D eigenvalue weighted by Gasteiger charge is -2.03. The van der Waals surface area contributed by atoms with Gasteiger partial charge in [-0.05, 0) is 19.2 Å². The van der Waals surface area contributed by atoms with E-state index in [2.05, 4.69) is 11.2 Å². The van der Waals surface area contributed by atoms with Gasteiger partial charge in [0.25, 0.3) is 0 Å². The van der Waals surface area contributed by atoms with Gasteiger partial charge in [-0.25, -0.2) is 0 Å². The molecule has 78 valence electrons. The van der Waals surface area contributed by atoms with Gasteiger partial charge in [-0.1, -0.05) is 23.4 Å². The first-order chi connectivity index (χ1) is 7.24. The summed E-state index contributed by atoms with van der Waals surface area (Å²) in [5.41, 5.74) is 8.44. The molecule has 1 aromatic carbocycles. The molecule has 0 aliphatic rings. The zero-order chi connectivity index (χ0) is 10.8. The highest BCUT2D eigenvalue weighted by atomic mass is 32.2. The first-order valence-corrected chi connectivity index (χ1v) is 5.81. The van der Waals surface area contributed by atoms with Gasteiger partial charge in [0.1, 0.15) is 5.69 Å². The normalized spacial score (nSPS) is 10.5. The molecule has 0 aliphatic carbocycles. The summed E-state index contributed by atoms with van der Waals surface area (Å²) in [4.78, 5) is 1.17. The number of benzene rings is 1. The molecule has 0 radical (unpaired) electrons. The Morgan fingerprint density at radius 2 is 2.07 bits per heavy atom. The van der Waals surface area contributed by atoms with Gasteiger partial charge >= 0.3 is 0 Å². The summed E-state index contributed by atoms with van der Waals surface area (Å²) in [5, 5.41) is 3.98. The number of nitrogen functional groups attached to an aromatic ring is 1. The van der Waals surface area contributed by atoms with Crippen molar-refractivity contribution in [3.63, 3.8) is 0 Å². The van der Waals surface area contributed by atoms with Gasteiger partial charge in [0.15, 0.2) is 0 Å². The van der Waals surface area contributed by atoms with Gasteiger partial charge in [-0.3, -0.25) is 0 Å². The smallest absolute Gasteiger partial charge is 0.225 e.